The Morgan fingerprint density at radius 3 is 2.30 bits per heavy atom. The standard InChI is InChI=1S/C17H26N2O/c1-3-19(4-2)13-17(20)18-16-11-9-15(10-12-16)14-7-5-6-8-14/h9-12,14H,3-8,13H2,1-2H3,(H,18,20). The van der Waals surface area contributed by atoms with Crippen molar-refractivity contribution in [2.24, 2.45) is 0 Å². The minimum absolute atomic E-state index is 0.0716. The van der Waals surface area contributed by atoms with Crippen LogP contribution in [0, 0.1) is 0 Å². The minimum atomic E-state index is 0.0716. The van der Waals surface area contributed by atoms with Crippen LogP contribution in [0.5, 0.6) is 0 Å². The first-order valence-electron chi connectivity index (χ1n) is 7.85. The number of hydrogen-bond donors (Lipinski definition) is 1. The summed E-state index contributed by atoms with van der Waals surface area (Å²) in [5.74, 6) is 0.803. The summed E-state index contributed by atoms with van der Waals surface area (Å²) in [7, 11) is 0. The molecule has 20 heavy (non-hydrogen) atoms. The maximum Gasteiger partial charge on any atom is 0.238 e. The van der Waals surface area contributed by atoms with Crippen LogP contribution in [0.1, 0.15) is 51.0 Å². The lowest BCUT2D eigenvalue weighted by molar-refractivity contribution is -0.117. The number of carbonyl (C=O) groups excluding carboxylic acids is 1. The maximum absolute atomic E-state index is 11.9. The van der Waals surface area contributed by atoms with Gasteiger partial charge in [0.05, 0.1) is 6.54 Å². The van der Waals surface area contributed by atoms with Crippen LogP contribution in [0.4, 0.5) is 5.69 Å². The first-order chi connectivity index (χ1) is 9.72. The molecule has 0 aromatic heterocycles. The maximum atomic E-state index is 11.9. The Morgan fingerprint density at radius 1 is 1.15 bits per heavy atom. The average Bonchev–Trinajstić information content (AvgIpc) is 2.99. The van der Waals surface area contributed by atoms with E-state index in [-0.39, 0.29) is 5.91 Å². The number of likely N-dealkylation sites (N-methyl/N-ethyl adjacent to an activating group) is 1. The van der Waals surface area contributed by atoms with Gasteiger partial charge in [-0.25, -0.2) is 0 Å². The zero-order valence-electron chi connectivity index (χ0n) is 12.7. The van der Waals surface area contributed by atoms with Crippen molar-refractivity contribution in [2.75, 3.05) is 25.0 Å². The van der Waals surface area contributed by atoms with E-state index in [0.717, 1.165) is 24.7 Å². The van der Waals surface area contributed by atoms with E-state index in [0.29, 0.717) is 6.54 Å². The number of anilines is 1. The third-order valence-electron chi connectivity index (χ3n) is 4.28. The topological polar surface area (TPSA) is 32.3 Å². The lowest BCUT2D eigenvalue weighted by atomic mass is 9.98. The van der Waals surface area contributed by atoms with E-state index in [1.165, 1.54) is 31.2 Å². The highest BCUT2D eigenvalue weighted by molar-refractivity contribution is 5.92. The Hall–Kier alpha value is -1.35. The quantitative estimate of drug-likeness (QED) is 0.859. The van der Waals surface area contributed by atoms with Crippen LogP contribution in [0.25, 0.3) is 0 Å². The third kappa shape index (κ3) is 4.07. The van der Waals surface area contributed by atoms with E-state index in [1.807, 2.05) is 12.1 Å². The lowest BCUT2D eigenvalue weighted by Crippen LogP contribution is -2.32. The second-order valence-corrected chi connectivity index (χ2v) is 5.61. The highest BCUT2D eigenvalue weighted by atomic mass is 16.2. The molecule has 1 aliphatic rings. The van der Waals surface area contributed by atoms with E-state index >= 15 is 0 Å². The lowest BCUT2D eigenvalue weighted by Gasteiger charge is -2.17. The van der Waals surface area contributed by atoms with Gasteiger partial charge < -0.3 is 5.32 Å². The van der Waals surface area contributed by atoms with Crippen LogP contribution in [0.15, 0.2) is 24.3 Å². The summed E-state index contributed by atoms with van der Waals surface area (Å²) in [6.07, 6.45) is 5.33. The molecule has 3 nitrogen and oxygen atoms in total. The van der Waals surface area contributed by atoms with Gasteiger partial charge in [0.15, 0.2) is 0 Å². The second-order valence-electron chi connectivity index (χ2n) is 5.61. The van der Waals surface area contributed by atoms with Crippen molar-refractivity contribution in [3.63, 3.8) is 0 Å². The molecule has 3 heteroatoms. The zero-order valence-corrected chi connectivity index (χ0v) is 12.7. The number of nitrogens with one attached hydrogen (secondary N) is 1. The Labute approximate surface area is 122 Å². The number of nitrogens with zero attached hydrogens (tertiary/aromatic N) is 1. The molecule has 110 valence electrons. The van der Waals surface area contributed by atoms with Crippen LogP contribution in [0.2, 0.25) is 0 Å². The summed E-state index contributed by atoms with van der Waals surface area (Å²) in [4.78, 5) is 14.0. The molecule has 1 aromatic carbocycles. The van der Waals surface area contributed by atoms with E-state index in [2.05, 4.69) is 36.2 Å². The van der Waals surface area contributed by atoms with Crippen molar-refractivity contribution in [3.8, 4) is 0 Å². The van der Waals surface area contributed by atoms with Crippen LogP contribution in [-0.2, 0) is 4.79 Å². The minimum Gasteiger partial charge on any atom is -0.325 e. The van der Waals surface area contributed by atoms with Gasteiger partial charge in [-0.2, -0.15) is 0 Å². The van der Waals surface area contributed by atoms with Gasteiger partial charge in [-0.05, 0) is 49.5 Å². The molecule has 1 aliphatic carbocycles. The molecule has 0 unspecified atom stereocenters. The van der Waals surface area contributed by atoms with Gasteiger partial charge in [-0.15, -0.1) is 0 Å². The molecule has 1 amide bonds. The third-order valence-corrected chi connectivity index (χ3v) is 4.28. The fourth-order valence-electron chi connectivity index (χ4n) is 2.95. The zero-order chi connectivity index (χ0) is 14.4. The normalized spacial score (nSPS) is 15.8. The molecule has 1 saturated carbocycles. The largest absolute Gasteiger partial charge is 0.325 e. The molecule has 0 aliphatic heterocycles. The molecule has 0 saturated heterocycles. The predicted molar refractivity (Wildman–Crippen MR) is 84.1 cm³/mol. The Morgan fingerprint density at radius 2 is 1.75 bits per heavy atom. The number of rotatable bonds is 6. The number of carbonyl (C=O) groups is 1. The summed E-state index contributed by atoms with van der Waals surface area (Å²) in [5.41, 5.74) is 2.33. The first kappa shape index (κ1) is 15.0. The summed E-state index contributed by atoms with van der Waals surface area (Å²) in [5, 5.41) is 2.98. The van der Waals surface area contributed by atoms with Gasteiger partial charge in [-0.1, -0.05) is 38.8 Å². The van der Waals surface area contributed by atoms with Crippen molar-refractivity contribution in [1.29, 1.82) is 0 Å². The Bertz CT molecular complexity index is 417. The average molecular weight is 274 g/mol. The Kier molecular flexibility index (Phi) is 5.60. The van der Waals surface area contributed by atoms with Crippen molar-refractivity contribution in [2.45, 2.75) is 45.4 Å². The van der Waals surface area contributed by atoms with Crippen LogP contribution < -0.4 is 5.32 Å². The highest BCUT2D eigenvalue weighted by Gasteiger charge is 2.16. The summed E-state index contributed by atoms with van der Waals surface area (Å²) in [6, 6.07) is 8.41. The Balaban J connectivity index is 1.88. The van der Waals surface area contributed by atoms with Crippen LogP contribution in [0.3, 0.4) is 0 Å². The molecule has 1 aromatic rings. The number of benzene rings is 1. The van der Waals surface area contributed by atoms with E-state index in [1.54, 1.807) is 0 Å². The van der Waals surface area contributed by atoms with Gasteiger partial charge in [0.2, 0.25) is 5.91 Å². The van der Waals surface area contributed by atoms with Gasteiger partial charge in [-0.3, -0.25) is 9.69 Å². The van der Waals surface area contributed by atoms with Crippen molar-refractivity contribution in [1.82, 2.24) is 4.90 Å². The van der Waals surface area contributed by atoms with Gasteiger partial charge in [0.1, 0.15) is 0 Å². The van der Waals surface area contributed by atoms with Crippen molar-refractivity contribution >= 4 is 11.6 Å². The second kappa shape index (κ2) is 7.44. The molecule has 1 fully saturated rings. The predicted octanol–water partition coefficient (Wildman–Crippen LogP) is 3.62. The van der Waals surface area contributed by atoms with E-state index in [4.69, 9.17) is 0 Å². The summed E-state index contributed by atoms with van der Waals surface area (Å²) in [6.45, 7) is 6.44. The molecule has 0 heterocycles. The number of hydrogen-bond acceptors (Lipinski definition) is 2. The van der Waals surface area contributed by atoms with E-state index in [9.17, 15) is 4.79 Å². The van der Waals surface area contributed by atoms with Crippen LogP contribution >= 0.6 is 0 Å². The molecule has 2 rings (SSSR count). The van der Waals surface area contributed by atoms with Gasteiger partial charge >= 0.3 is 0 Å². The molecular formula is C17H26N2O. The van der Waals surface area contributed by atoms with Gasteiger partial charge in [0, 0.05) is 5.69 Å². The van der Waals surface area contributed by atoms with E-state index < -0.39 is 0 Å². The summed E-state index contributed by atoms with van der Waals surface area (Å²) < 4.78 is 0. The van der Waals surface area contributed by atoms with Crippen molar-refractivity contribution < 1.29 is 4.79 Å². The smallest absolute Gasteiger partial charge is 0.238 e. The summed E-state index contributed by atoms with van der Waals surface area (Å²) >= 11 is 0. The molecule has 1 N–H and O–H groups in total. The molecule has 0 atom stereocenters. The first-order valence-corrected chi connectivity index (χ1v) is 7.85. The molecular weight excluding hydrogens is 248 g/mol. The van der Waals surface area contributed by atoms with Gasteiger partial charge in [0.25, 0.3) is 0 Å². The molecule has 0 spiro atoms. The number of amides is 1. The highest BCUT2D eigenvalue weighted by Crippen LogP contribution is 2.34. The molecule has 0 bridgehead atoms. The molecule has 0 radical (unpaired) electrons. The monoisotopic (exact) mass is 274 g/mol. The van der Waals surface area contributed by atoms with Crippen molar-refractivity contribution in [3.05, 3.63) is 29.8 Å². The fraction of sp³-hybridized carbons (Fsp3) is 0.588. The van der Waals surface area contributed by atoms with Crippen LogP contribution in [-0.4, -0.2) is 30.4 Å². The fourth-order valence-corrected chi connectivity index (χ4v) is 2.95. The SMILES string of the molecule is CCN(CC)CC(=O)Nc1ccc(C2CCCC2)cc1.